The van der Waals surface area contributed by atoms with Crippen molar-refractivity contribution in [3.63, 3.8) is 0 Å². The number of halogens is 1. The van der Waals surface area contributed by atoms with Gasteiger partial charge in [0.25, 0.3) is 0 Å². The molecule has 2 aromatic rings. The summed E-state index contributed by atoms with van der Waals surface area (Å²) in [6, 6.07) is 7.88. The Morgan fingerprint density at radius 1 is 1.25 bits per heavy atom. The summed E-state index contributed by atoms with van der Waals surface area (Å²) in [6.45, 7) is 2.34. The van der Waals surface area contributed by atoms with Crippen molar-refractivity contribution >= 4 is 29.3 Å². The van der Waals surface area contributed by atoms with Gasteiger partial charge in [-0.25, -0.2) is 5.84 Å². The maximum atomic E-state index is 5.85. The van der Waals surface area contributed by atoms with Crippen molar-refractivity contribution in [1.29, 1.82) is 0 Å². The zero-order chi connectivity index (χ0) is 14.4. The molecule has 0 atom stereocenters. The number of aromatic nitrogens is 3. The number of nitrogens with one attached hydrogen (secondary N) is 1. The molecule has 0 spiro atoms. The third-order valence-corrected chi connectivity index (χ3v) is 3.45. The van der Waals surface area contributed by atoms with Crippen LogP contribution in [0.15, 0.2) is 29.4 Å². The molecule has 0 aliphatic heterocycles. The Hall–Kier alpha value is -1.57. The fourth-order valence-electron chi connectivity index (χ4n) is 1.39. The molecule has 6 nitrogen and oxygen atoms in total. The van der Waals surface area contributed by atoms with Gasteiger partial charge < -0.3 is 4.74 Å². The minimum atomic E-state index is 0.258. The van der Waals surface area contributed by atoms with Crippen LogP contribution in [0.1, 0.15) is 12.5 Å². The molecule has 0 saturated heterocycles. The second kappa shape index (κ2) is 7.28. The van der Waals surface area contributed by atoms with Crippen LogP contribution in [-0.4, -0.2) is 21.6 Å². The molecular formula is C12H14ClN5OS. The molecule has 3 N–H and O–H groups in total. The van der Waals surface area contributed by atoms with Crippen molar-refractivity contribution in [3.05, 3.63) is 34.9 Å². The fraction of sp³-hybridized carbons (Fsp3) is 0.250. The van der Waals surface area contributed by atoms with Gasteiger partial charge in [0.1, 0.15) is 0 Å². The number of nitrogens with two attached hydrogens (primary N) is 1. The van der Waals surface area contributed by atoms with Gasteiger partial charge in [-0.15, -0.1) is 0 Å². The number of rotatable bonds is 6. The third kappa shape index (κ3) is 4.22. The van der Waals surface area contributed by atoms with E-state index in [0.29, 0.717) is 16.8 Å². The smallest absolute Gasteiger partial charge is 0.322 e. The van der Waals surface area contributed by atoms with Crippen LogP contribution in [0.4, 0.5) is 5.95 Å². The molecule has 0 aliphatic carbocycles. The highest BCUT2D eigenvalue weighted by Gasteiger charge is 2.07. The van der Waals surface area contributed by atoms with E-state index in [1.807, 2.05) is 31.2 Å². The lowest BCUT2D eigenvalue weighted by Crippen LogP contribution is -2.12. The maximum Gasteiger partial charge on any atom is 0.322 e. The van der Waals surface area contributed by atoms with Crippen molar-refractivity contribution in [2.75, 3.05) is 12.0 Å². The van der Waals surface area contributed by atoms with E-state index in [1.54, 1.807) is 0 Å². The fourth-order valence-corrected chi connectivity index (χ4v) is 2.30. The van der Waals surface area contributed by atoms with Crippen molar-refractivity contribution in [3.8, 4) is 6.01 Å². The molecule has 0 fully saturated rings. The van der Waals surface area contributed by atoms with E-state index in [1.165, 1.54) is 11.8 Å². The maximum absolute atomic E-state index is 5.85. The second-order valence-electron chi connectivity index (χ2n) is 3.72. The number of thioether (sulfide) groups is 1. The molecule has 8 heteroatoms. The van der Waals surface area contributed by atoms with Gasteiger partial charge in [-0.3, -0.25) is 5.43 Å². The minimum absolute atomic E-state index is 0.258. The Kier molecular flexibility index (Phi) is 5.40. The molecule has 1 heterocycles. The SMILES string of the molecule is CCOc1nc(NN)nc(SCc2ccc(Cl)cc2)n1. The summed E-state index contributed by atoms with van der Waals surface area (Å²) in [4.78, 5) is 12.4. The van der Waals surface area contributed by atoms with E-state index in [0.717, 1.165) is 11.3 Å². The quantitative estimate of drug-likeness (QED) is 0.481. The van der Waals surface area contributed by atoms with Gasteiger partial charge in [0.05, 0.1) is 6.61 Å². The summed E-state index contributed by atoms with van der Waals surface area (Å²) in [7, 11) is 0. The van der Waals surface area contributed by atoms with E-state index in [-0.39, 0.29) is 12.0 Å². The number of hydrazine groups is 1. The van der Waals surface area contributed by atoms with Gasteiger partial charge in [0.15, 0.2) is 5.16 Å². The summed E-state index contributed by atoms with van der Waals surface area (Å²) >= 11 is 7.31. The van der Waals surface area contributed by atoms with Gasteiger partial charge in [-0.05, 0) is 24.6 Å². The lowest BCUT2D eigenvalue weighted by atomic mass is 10.2. The van der Waals surface area contributed by atoms with E-state index in [4.69, 9.17) is 22.2 Å². The van der Waals surface area contributed by atoms with E-state index in [2.05, 4.69) is 20.4 Å². The van der Waals surface area contributed by atoms with E-state index in [9.17, 15) is 0 Å². The Labute approximate surface area is 126 Å². The van der Waals surface area contributed by atoms with Crippen molar-refractivity contribution in [1.82, 2.24) is 15.0 Å². The van der Waals surface area contributed by atoms with Crippen LogP contribution in [0.2, 0.25) is 5.02 Å². The Morgan fingerprint density at radius 2 is 2.00 bits per heavy atom. The second-order valence-corrected chi connectivity index (χ2v) is 5.10. The predicted octanol–water partition coefficient (Wildman–Crippen LogP) is 2.50. The molecule has 2 rings (SSSR count). The van der Waals surface area contributed by atoms with Crippen molar-refractivity contribution in [2.24, 2.45) is 5.84 Å². The lowest BCUT2D eigenvalue weighted by molar-refractivity contribution is 0.308. The Balaban J connectivity index is 2.07. The van der Waals surface area contributed by atoms with Crippen LogP contribution >= 0.6 is 23.4 Å². The summed E-state index contributed by atoms with van der Waals surface area (Å²) in [5.74, 6) is 6.32. The molecule has 0 radical (unpaired) electrons. The van der Waals surface area contributed by atoms with Gasteiger partial charge in [-0.1, -0.05) is 35.5 Å². The van der Waals surface area contributed by atoms with Crippen LogP contribution in [0.5, 0.6) is 6.01 Å². The van der Waals surface area contributed by atoms with Crippen molar-refractivity contribution in [2.45, 2.75) is 17.8 Å². The highest BCUT2D eigenvalue weighted by molar-refractivity contribution is 7.98. The van der Waals surface area contributed by atoms with Crippen LogP contribution in [0.25, 0.3) is 0 Å². The zero-order valence-electron chi connectivity index (χ0n) is 10.8. The average molecular weight is 312 g/mol. The summed E-state index contributed by atoms with van der Waals surface area (Å²) in [6.07, 6.45) is 0. The van der Waals surface area contributed by atoms with Crippen LogP contribution in [0, 0.1) is 0 Å². The van der Waals surface area contributed by atoms with Crippen LogP contribution in [-0.2, 0) is 5.75 Å². The average Bonchev–Trinajstić information content (AvgIpc) is 2.47. The lowest BCUT2D eigenvalue weighted by Gasteiger charge is -2.06. The van der Waals surface area contributed by atoms with E-state index >= 15 is 0 Å². The molecule has 0 saturated carbocycles. The molecule has 0 aliphatic rings. The largest absolute Gasteiger partial charge is 0.464 e. The first-order valence-corrected chi connectivity index (χ1v) is 7.30. The van der Waals surface area contributed by atoms with Gasteiger partial charge in [0.2, 0.25) is 5.95 Å². The minimum Gasteiger partial charge on any atom is -0.464 e. The molecular weight excluding hydrogens is 298 g/mol. The predicted molar refractivity (Wildman–Crippen MR) is 79.8 cm³/mol. The molecule has 20 heavy (non-hydrogen) atoms. The Bertz CT molecular complexity index is 566. The highest BCUT2D eigenvalue weighted by Crippen LogP contribution is 2.22. The number of hydrogen-bond acceptors (Lipinski definition) is 7. The topological polar surface area (TPSA) is 86.0 Å². The highest BCUT2D eigenvalue weighted by atomic mass is 35.5. The number of hydrogen-bond donors (Lipinski definition) is 2. The molecule has 0 amide bonds. The molecule has 0 bridgehead atoms. The Morgan fingerprint density at radius 3 is 2.65 bits per heavy atom. The summed E-state index contributed by atoms with van der Waals surface area (Å²) in [5.41, 5.74) is 3.52. The number of ether oxygens (including phenoxy) is 1. The molecule has 106 valence electrons. The number of anilines is 1. The van der Waals surface area contributed by atoms with Gasteiger partial charge >= 0.3 is 6.01 Å². The molecule has 1 aromatic carbocycles. The van der Waals surface area contributed by atoms with Crippen LogP contribution < -0.4 is 16.0 Å². The monoisotopic (exact) mass is 311 g/mol. The zero-order valence-corrected chi connectivity index (χ0v) is 12.4. The first-order chi connectivity index (χ1) is 9.71. The molecule has 0 unspecified atom stereocenters. The number of nitrogens with zero attached hydrogens (tertiary/aromatic N) is 3. The third-order valence-electron chi connectivity index (χ3n) is 2.28. The standard InChI is InChI=1S/C12H14ClN5OS/c1-2-19-11-15-10(18-14)16-12(17-11)20-7-8-3-5-9(13)6-4-8/h3-6H,2,7,14H2,1H3,(H,15,16,17,18). The summed E-state index contributed by atoms with van der Waals surface area (Å²) in [5, 5.41) is 1.26. The molecule has 1 aromatic heterocycles. The van der Waals surface area contributed by atoms with Gasteiger partial charge in [0, 0.05) is 10.8 Å². The number of benzene rings is 1. The first kappa shape index (κ1) is 14.8. The van der Waals surface area contributed by atoms with E-state index < -0.39 is 0 Å². The number of nitrogen functional groups attached to an aromatic ring is 1. The normalized spacial score (nSPS) is 10.3. The van der Waals surface area contributed by atoms with Crippen LogP contribution in [0.3, 0.4) is 0 Å². The first-order valence-electron chi connectivity index (χ1n) is 5.94. The van der Waals surface area contributed by atoms with Crippen molar-refractivity contribution < 1.29 is 4.74 Å². The summed E-state index contributed by atoms with van der Waals surface area (Å²) < 4.78 is 5.27. The van der Waals surface area contributed by atoms with Gasteiger partial charge in [-0.2, -0.15) is 15.0 Å².